The van der Waals surface area contributed by atoms with Gasteiger partial charge in [-0.15, -0.1) is 0 Å². The van der Waals surface area contributed by atoms with Gasteiger partial charge in [0, 0.05) is 20.1 Å². The number of nitrogens with one attached hydrogen (secondary N) is 1. The molecule has 0 radical (unpaired) electrons. The summed E-state index contributed by atoms with van der Waals surface area (Å²) in [4.78, 5) is 55.9. The molecule has 0 spiro atoms. The van der Waals surface area contributed by atoms with Crippen molar-refractivity contribution in [2.45, 2.75) is 47.6 Å². The number of rotatable bonds is 13. The largest absolute Gasteiger partial charge is 0.490 e. The summed E-state index contributed by atoms with van der Waals surface area (Å²) in [5.41, 5.74) is 4.75. The van der Waals surface area contributed by atoms with Crippen molar-refractivity contribution in [3.63, 3.8) is 0 Å². The molecule has 0 saturated carbocycles. The quantitative estimate of drug-likeness (QED) is 0.415. The number of nitrogens with two attached hydrogens (primary N) is 1. The third-order valence-electron chi connectivity index (χ3n) is 5.34. The predicted molar refractivity (Wildman–Crippen MR) is 143 cm³/mol. The standard InChI is InChI=1S/C26H39N5O6/c1-7-12-36-19-10-8-9-11-20(19)37-16-22(33)29(6)15-21(32)30(13-17(2)3)23-24(27)31(14-18(4)5)26(35)28-25(23)34/h8-11,17-18H,7,12-16,27H2,1-6H3,(H,28,34,35). The minimum absolute atomic E-state index is 0.0165. The zero-order valence-electron chi connectivity index (χ0n) is 22.6. The van der Waals surface area contributed by atoms with Crippen LogP contribution in [-0.2, 0) is 16.1 Å². The lowest BCUT2D eigenvalue weighted by Gasteiger charge is -2.28. The third kappa shape index (κ3) is 8.12. The van der Waals surface area contributed by atoms with E-state index < -0.39 is 23.1 Å². The van der Waals surface area contributed by atoms with E-state index in [4.69, 9.17) is 15.2 Å². The first-order chi connectivity index (χ1) is 17.5. The first-order valence-electron chi connectivity index (χ1n) is 12.5. The summed E-state index contributed by atoms with van der Waals surface area (Å²) in [6.45, 7) is 9.92. The van der Waals surface area contributed by atoms with Gasteiger partial charge in [0.2, 0.25) is 5.91 Å². The van der Waals surface area contributed by atoms with Crippen molar-refractivity contribution >= 4 is 23.3 Å². The molecule has 1 aromatic carbocycles. The van der Waals surface area contributed by atoms with Crippen LogP contribution in [0, 0.1) is 11.8 Å². The highest BCUT2D eigenvalue weighted by atomic mass is 16.5. The van der Waals surface area contributed by atoms with E-state index in [9.17, 15) is 19.2 Å². The van der Waals surface area contributed by atoms with Crippen LogP contribution in [0.1, 0.15) is 41.0 Å². The fraction of sp³-hybridized carbons (Fsp3) is 0.538. The Labute approximate surface area is 217 Å². The first-order valence-corrected chi connectivity index (χ1v) is 12.5. The Bertz CT molecular complexity index is 1190. The molecule has 1 heterocycles. The lowest BCUT2D eigenvalue weighted by atomic mass is 10.2. The van der Waals surface area contributed by atoms with Gasteiger partial charge < -0.3 is 25.0 Å². The minimum atomic E-state index is -0.752. The molecule has 1 aromatic heterocycles. The Kier molecular flexibility index (Phi) is 10.8. The number of H-pyrrole nitrogens is 1. The second kappa shape index (κ2) is 13.5. The Balaban J connectivity index is 2.22. The number of hydrogen-bond acceptors (Lipinski definition) is 7. The molecule has 2 amide bonds. The molecule has 11 heteroatoms. The average Bonchev–Trinajstić information content (AvgIpc) is 2.83. The van der Waals surface area contributed by atoms with Crippen LogP contribution < -0.4 is 31.4 Å². The molecule has 0 atom stereocenters. The van der Waals surface area contributed by atoms with Gasteiger partial charge in [0.1, 0.15) is 5.82 Å². The van der Waals surface area contributed by atoms with Crippen LogP contribution in [0.4, 0.5) is 11.5 Å². The van der Waals surface area contributed by atoms with Crippen molar-refractivity contribution in [2.75, 3.05) is 44.0 Å². The van der Waals surface area contributed by atoms with E-state index in [-0.39, 0.29) is 49.6 Å². The molecule has 37 heavy (non-hydrogen) atoms. The fourth-order valence-electron chi connectivity index (χ4n) is 3.59. The third-order valence-corrected chi connectivity index (χ3v) is 5.34. The molecular formula is C26H39N5O6. The number of carbonyl (C=O) groups excluding carboxylic acids is 2. The second-order valence-corrected chi connectivity index (χ2v) is 9.73. The maximum atomic E-state index is 13.3. The van der Waals surface area contributed by atoms with Crippen molar-refractivity contribution in [1.29, 1.82) is 0 Å². The van der Waals surface area contributed by atoms with Crippen LogP contribution in [-0.4, -0.2) is 59.6 Å². The van der Waals surface area contributed by atoms with Crippen molar-refractivity contribution in [1.82, 2.24) is 14.5 Å². The number of amides is 2. The van der Waals surface area contributed by atoms with Crippen LogP contribution in [0.25, 0.3) is 0 Å². The van der Waals surface area contributed by atoms with Gasteiger partial charge in [-0.3, -0.25) is 23.9 Å². The highest BCUT2D eigenvalue weighted by Gasteiger charge is 2.27. The van der Waals surface area contributed by atoms with Gasteiger partial charge in [-0.2, -0.15) is 0 Å². The Morgan fingerprint density at radius 2 is 1.65 bits per heavy atom. The van der Waals surface area contributed by atoms with E-state index in [2.05, 4.69) is 4.98 Å². The van der Waals surface area contributed by atoms with Gasteiger partial charge in [-0.25, -0.2) is 4.79 Å². The normalized spacial score (nSPS) is 11.0. The molecule has 204 valence electrons. The van der Waals surface area contributed by atoms with Gasteiger partial charge in [-0.1, -0.05) is 46.8 Å². The van der Waals surface area contributed by atoms with Crippen molar-refractivity contribution < 1.29 is 19.1 Å². The molecule has 0 bridgehead atoms. The monoisotopic (exact) mass is 517 g/mol. The zero-order valence-corrected chi connectivity index (χ0v) is 22.6. The molecule has 3 N–H and O–H groups in total. The summed E-state index contributed by atoms with van der Waals surface area (Å²) in [6.07, 6.45) is 0.827. The van der Waals surface area contributed by atoms with E-state index in [0.29, 0.717) is 18.1 Å². The summed E-state index contributed by atoms with van der Waals surface area (Å²) in [5.74, 6) is -0.00994. The average molecular weight is 518 g/mol. The van der Waals surface area contributed by atoms with Gasteiger partial charge in [0.25, 0.3) is 11.5 Å². The van der Waals surface area contributed by atoms with E-state index in [1.54, 1.807) is 18.2 Å². The molecule has 0 aliphatic rings. The minimum Gasteiger partial charge on any atom is -0.490 e. The smallest absolute Gasteiger partial charge is 0.330 e. The lowest BCUT2D eigenvalue weighted by Crippen LogP contribution is -2.47. The SMILES string of the molecule is CCCOc1ccccc1OCC(=O)N(C)CC(=O)N(CC(C)C)c1c(N)n(CC(C)C)c(=O)[nH]c1=O. The molecular weight excluding hydrogens is 478 g/mol. The Hall–Kier alpha value is -3.76. The van der Waals surface area contributed by atoms with Gasteiger partial charge >= 0.3 is 5.69 Å². The number of aromatic nitrogens is 2. The molecule has 2 aromatic rings. The zero-order chi connectivity index (χ0) is 27.7. The molecule has 2 rings (SSSR count). The number of hydrogen-bond donors (Lipinski definition) is 2. The molecule has 0 aliphatic carbocycles. The van der Waals surface area contributed by atoms with Crippen LogP contribution in [0.5, 0.6) is 11.5 Å². The Morgan fingerprint density at radius 1 is 1.03 bits per heavy atom. The number of nitrogen functional groups attached to an aromatic ring is 1. The molecule has 0 fully saturated rings. The van der Waals surface area contributed by atoms with Gasteiger partial charge in [0.15, 0.2) is 23.8 Å². The summed E-state index contributed by atoms with van der Waals surface area (Å²) >= 11 is 0. The number of aromatic amines is 1. The van der Waals surface area contributed by atoms with E-state index in [1.807, 2.05) is 40.7 Å². The van der Waals surface area contributed by atoms with Crippen LogP contribution in [0.2, 0.25) is 0 Å². The number of carbonyl (C=O) groups is 2. The highest BCUT2D eigenvalue weighted by Crippen LogP contribution is 2.26. The number of ether oxygens (including phenoxy) is 2. The summed E-state index contributed by atoms with van der Waals surface area (Å²) in [5, 5.41) is 0. The van der Waals surface area contributed by atoms with Crippen LogP contribution in [0.15, 0.2) is 33.9 Å². The van der Waals surface area contributed by atoms with Crippen LogP contribution >= 0.6 is 0 Å². The maximum absolute atomic E-state index is 13.3. The van der Waals surface area contributed by atoms with Crippen molar-refractivity contribution in [3.8, 4) is 11.5 Å². The van der Waals surface area contributed by atoms with Gasteiger partial charge in [0.05, 0.1) is 13.2 Å². The van der Waals surface area contributed by atoms with Gasteiger partial charge in [-0.05, 0) is 30.4 Å². The van der Waals surface area contributed by atoms with E-state index in [1.165, 1.54) is 21.4 Å². The van der Waals surface area contributed by atoms with E-state index >= 15 is 0 Å². The summed E-state index contributed by atoms with van der Waals surface area (Å²) < 4.78 is 12.6. The van der Waals surface area contributed by atoms with Crippen molar-refractivity contribution in [3.05, 3.63) is 45.1 Å². The molecule has 11 nitrogen and oxygen atoms in total. The Morgan fingerprint density at radius 3 is 2.22 bits per heavy atom. The highest BCUT2D eigenvalue weighted by molar-refractivity contribution is 5.98. The lowest BCUT2D eigenvalue weighted by molar-refractivity contribution is -0.135. The number of likely N-dealkylation sites (N-methyl/N-ethyl adjacent to an activating group) is 1. The predicted octanol–water partition coefficient (Wildman–Crippen LogP) is 2.09. The molecule has 0 unspecified atom stereocenters. The van der Waals surface area contributed by atoms with E-state index in [0.717, 1.165) is 6.42 Å². The second-order valence-electron chi connectivity index (χ2n) is 9.73. The number of nitrogens with zero attached hydrogens (tertiary/aromatic N) is 3. The summed E-state index contributed by atoms with van der Waals surface area (Å²) in [6, 6.07) is 7.05. The molecule has 0 saturated heterocycles. The number of anilines is 2. The first kappa shape index (κ1) is 29.5. The fourth-order valence-corrected chi connectivity index (χ4v) is 3.59. The maximum Gasteiger partial charge on any atom is 0.330 e. The van der Waals surface area contributed by atoms with Crippen LogP contribution in [0.3, 0.4) is 0 Å². The van der Waals surface area contributed by atoms with Crippen molar-refractivity contribution in [2.24, 2.45) is 11.8 Å². The number of benzene rings is 1. The number of para-hydroxylation sites is 2. The summed E-state index contributed by atoms with van der Waals surface area (Å²) in [7, 11) is 1.48. The topological polar surface area (TPSA) is 140 Å². The molecule has 0 aliphatic heterocycles.